The van der Waals surface area contributed by atoms with E-state index in [-0.39, 0.29) is 48.4 Å². The number of ether oxygens (including phenoxy) is 4. The molecule has 3 saturated carbocycles. The minimum Gasteiger partial charge on any atom is -0.479 e. The van der Waals surface area contributed by atoms with Gasteiger partial charge >= 0.3 is 5.97 Å². The number of rotatable bonds is 9. The maximum atomic E-state index is 12.7. The van der Waals surface area contributed by atoms with Gasteiger partial charge in [-0.05, 0) is 81.5 Å². The van der Waals surface area contributed by atoms with Gasteiger partial charge in [0.05, 0.1) is 43.0 Å². The third kappa shape index (κ3) is 10.1. The van der Waals surface area contributed by atoms with E-state index in [2.05, 4.69) is 35.5 Å². The van der Waals surface area contributed by atoms with Crippen molar-refractivity contribution in [2.24, 2.45) is 46.4 Å². The normalized spacial score (nSPS) is 43.7. The summed E-state index contributed by atoms with van der Waals surface area (Å²) in [6, 6.07) is 0. The molecule has 4 aliphatic heterocycles. The lowest BCUT2D eigenvalue weighted by Crippen LogP contribution is -2.72. The number of aliphatic hydroxyl groups is 4. The summed E-state index contributed by atoms with van der Waals surface area (Å²) in [6.07, 6.45) is 13.7. The fourth-order valence-electron chi connectivity index (χ4n) is 10.7. The number of carboxylic acids is 1. The van der Waals surface area contributed by atoms with Crippen molar-refractivity contribution < 1.29 is 49.3 Å². The maximum Gasteiger partial charge on any atom is 0.335 e. The predicted octanol–water partition coefficient (Wildman–Crippen LogP) is 4.90. The number of fused-ring (bicyclic) bond motifs is 2. The summed E-state index contributed by atoms with van der Waals surface area (Å²) >= 11 is 0. The lowest BCUT2D eigenvalue weighted by Gasteiger charge is -2.51. The van der Waals surface area contributed by atoms with Gasteiger partial charge < -0.3 is 49.8 Å². The molecule has 4 heterocycles. The van der Waals surface area contributed by atoms with Crippen LogP contribution in [0.2, 0.25) is 0 Å². The molecule has 0 aromatic rings. The summed E-state index contributed by atoms with van der Waals surface area (Å²) in [4.78, 5) is 16.8. The molecule has 7 aliphatic rings. The van der Waals surface area contributed by atoms with Crippen LogP contribution in [0.15, 0.2) is 28.8 Å². The summed E-state index contributed by atoms with van der Waals surface area (Å²) in [6.45, 7) is 5.08. The average molecular weight is 822 g/mol. The minimum absolute atomic E-state index is 0.0343. The second-order valence-corrected chi connectivity index (χ2v) is 20.1. The molecule has 13 atom stereocenters. The highest BCUT2D eigenvalue weighted by Crippen LogP contribution is 2.45. The molecule has 0 spiro atoms. The first-order valence-corrected chi connectivity index (χ1v) is 23.8. The first kappa shape index (κ1) is 42.9. The Morgan fingerprint density at radius 3 is 2.61 bits per heavy atom. The highest BCUT2D eigenvalue weighted by Gasteiger charge is 2.59. The van der Waals surface area contributed by atoms with E-state index in [0.717, 1.165) is 37.9 Å². The van der Waals surface area contributed by atoms with Crippen molar-refractivity contribution in [3.05, 3.63) is 30.3 Å². The van der Waals surface area contributed by atoms with Gasteiger partial charge in [-0.15, -0.1) is 4.99 Å². The molecule has 0 amide bonds. The van der Waals surface area contributed by atoms with E-state index < -0.39 is 48.4 Å². The van der Waals surface area contributed by atoms with Crippen LogP contribution in [0.5, 0.6) is 0 Å². The molecule has 3 saturated heterocycles. The molecule has 0 aromatic carbocycles. The quantitative estimate of drug-likeness (QED) is 0.105. The third-order valence-corrected chi connectivity index (χ3v) is 16.2. The van der Waals surface area contributed by atoms with E-state index in [9.17, 15) is 30.3 Å². The van der Waals surface area contributed by atoms with Crippen molar-refractivity contribution in [2.75, 3.05) is 31.4 Å². The molecule has 0 radical (unpaired) electrons. The number of aliphatic carboxylic acids is 1. The van der Waals surface area contributed by atoms with Crippen LogP contribution in [0.3, 0.4) is 0 Å². The van der Waals surface area contributed by atoms with E-state index in [1.807, 2.05) is 12.8 Å². The number of carbonyl (C=O) groups is 1. The number of allylic oxidation sites excluding steroid dienone is 3. The Morgan fingerprint density at radius 1 is 1.05 bits per heavy atom. The lowest BCUT2D eigenvalue weighted by atomic mass is 9.69. The Morgan fingerprint density at radius 2 is 1.86 bits per heavy atom. The second-order valence-electron chi connectivity index (χ2n) is 17.7. The standard InChI is InChI=1S/C42H64N2O10S2/c1-25(6-5-9-26-7-3-2-4-8-26)32-20-44-23-42(50)39(52-24-56-55-22-34(32)28-16-17-43-19-28)37(47)38(40(48)49)54-41(42)53-30-14-15-31-35(18-30)51-21-33(36(31)46)27-10-12-29(45)13-11-27/h5,9,16-17,19,25-27,29-39,41,44-47,50H,2-4,6-8,10-15,18,20-24H2,1H3/p+1/t25-,27?,29?,30?,31?,32+,33?,34-,35?,36?,37-,38+,39+,41-,42+/m1/s1. The van der Waals surface area contributed by atoms with E-state index in [0.29, 0.717) is 50.2 Å². The van der Waals surface area contributed by atoms with Crippen LogP contribution in [0, 0.1) is 48.0 Å². The molecule has 56 heavy (non-hydrogen) atoms. The highest BCUT2D eigenvalue weighted by atomic mass is 33.1. The zero-order valence-electron chi connectivity index (χ0n) is 32.8. The highest BCUT2D eigenvalue weighted by molar-refractivity contribution is 8.76. The average Bonchev–Trinajstić information content (AvgIpc) is 3.73. The molecular formula is C42H65N2O10S2+. The fraction of sp³-hybridized carbons (Fsp3) is 0.833. The molecule has 7 rings (SSSR count). The van der Waals surface area contributed by atoms with Crippen LogP contribution >= 0.6 is 21.6 Å². The van der Waals surface area contributed by atoms with Gasteiger partial charge in [-0.3, -0.25) is 0 Å². The minimum atomic E-state index is -1.93. The number of nitrogens with zero attached hydrogens (tertiary/aromatic N) is 1. The Hall–Kier alpha value is -1.17. The van der Waals surface area contributed by atoms with Crippen LogP contribution in [-0.4, -0.2) is 124 Å². The SMILES string of the molecule is C[C@H](CC=CC1CCCCC1)[C@@H]1CNC[C@@]2(O)[C@H](OC3CCC4C(C3)OCC(C3CCC(O)CC3)C4O)O[C@H](C(=O)O)[C@@H](O)[C@@H]2OCSSC[C@@H]1C1=C[CH+]N=C1. The van der Waals surface area contributed by atoms with Gasteiger partial charge in [-0.1, -0.05) is 59.9 Å². The Bertz CT molecular complexity index is 1370. The van der Waals surface area contributed by atoms with Gasteiger partial charge in [-0.25, -0.2) is 4.79 Å². The third-order valence-electron chi connectivity index (χ3n) is 14.1. The Balaban J connectivity index is 1.06. The zero-order chi connectivity index (χ0) is 39.2. The van der Waals surface area contributed by atoms with Crippen molar-refractivity contribution in [3.63, 3.8) is 0 Å². The maximum absolute atomic E-state index is 12.7. The number of carboxylic acid groups (broad SMARTS) is 1. The summed E-state index contributed by atoms with van der Waals surface area (Å²) in [5.74, 6) is 1.21. The van der Waals surface area contributed by atoms with Crippen molar-refractivity contribution in [1.82, 2.24) is 5.32 Å². The van der Waals surface area contributed by atoms with Gasteiger partial charge in [0.2, 0.25) is 0 Å². The lowest BCUT2D eigenvalue weighted by molar-refractivity contribution is -0.349. The smallest absolute Gasteiger partial charge is 0.335 e. The molecule has 5 unspecified atom stereocenters. The van der Waals surface area contributed by atoms with Crippen molar-refractivity contribution in [2.45, 2.75) is 145 Å². The molecule has 3 aliphatic carbocycles. The fourth-order valence-corrected chi connectivity index (χ4v) is 12.8. The number of aliphatic imine (C=N–C) groups is 1. The van der Waals surface area contributed by atoms with Gasteiger partial charge in [0.25, 0.3) is 0 Å². The monoisotopic (exact) mass is 821 g/mol. The first-order valence-electron chi connectivity index (χ1n) is 21.3. The number of aliphatic hydroxyl groups excluding tert-OH is 3. The van der Waals surface area contributed by atoms with Crippen molar-refractivity contribution in [3.8, 4) is 0 Å². The topological polar surface area (TPSA) is 180 Å². The van der Waals surface area contributed by atoms with Gasteiger partial charge in [0.15, 0.2) is 24.2 Å². The molecular weight excluding hydrogens is 757 g/mol. The van der Waals surface area contributed by atoms with Crippen molar-refractivity contribution in [1.29, 1.82) is 0 Å². The van der Waals surface area contributed by atoms with Crippen LogP contribution in [0.1, 0.15) is 90.4 Å². The molecule has 6 N–H and O–H groups in total. The number of nitrogens with one attached hydrogen (secondary N) is 1. The molecule has 6 fully saturated rings. The molecule has 0 bridgehead atoms. The number of hydrogen-bond acceptors (Lipinski definition) is 13. The van der Waals surface area contributed by atoms with E-state index in [1.54, 1.807) is 10.8 Å². The van der Waals surface area contributed by atoms with Crippen LogP contribution in [0.4, 0.5) is 0 Å². The predicted molar refractivity (Wildman–Crippen MR) is 217 cm³/mol. The van der Waals surface area contributed by atoms with E-state index in [1.165, 1.54) is 48.5 Å². The van der Waals surface area contributed by atoms with E-state index in [4.69, 9.17) is 18.9 Å². The second kappa shape index (κ2) is 19.9. The summed E-state index contributed by atoms with van der Waals surface area (Å²) < 4.78 is 25.2. The summed E-state index contributed by atoms with van der Waals surface area (Å²) in [7, 11) is 3.15. The largest absolute Gasteiger partial charge is 0.479 e. The van der Waals surface area contributed by atoms with Gasteiger partial charge in [0, 0.05) is 37.1 Å². The summed E-state index contributed by atoms with van der Waals surface area (Å²) in [5, 5.41) is 59.3. The molecule has 0 aromatic heterocycles. The van der Waals surface area contributed by atoms with Crippen LogP contribution in [-0.2, 0) is 23.7 Å². The van der Waals surface area contributed by atoms with Crippen molar-refractivity contribution >= 4 is 33.8 Å². The summed E-state index contributed by atoms with van der Waals surface area (Å²) in [5.41, 5.74) is -0.749. The number of hydrogen-bond donors (Lipinski definition) is 6. The zero-order valence-corrected chi connectivity index (χ0v) is 34.4. The number of β-amino-alcohol motifs (C(OH)–C–C–N with tert-alkyl or cyclic N) is 1. The van der Waals surface area contributed by atoms with Gasteiger partial charge in [-0.2, -0.15) is 0 Å². The molecule has 314 valence electrons. The first-order chi connectivity index (χ1) is 27.1. The Labute approximate surface area is 340 Å². The van der Waals surface area contributed by atoms with Gasteiger partial charge in [0.1, 0.15) is 30.3 Å². The van der Waals surface area contributed by atoms with E-state index >= 15 is 0 Å². The van der Waals surface area contributed by atoms with Crippen LogP contribution in [0.25, 0.3) is 0 Å². The van der Waals surface area contributed by atoms with Crippen LogP contribution < -0.4 is 5.32 Å². The Kier molecular flexibility index (Phi) is 15.3. The molecule has 14 heteroatoms. The molecule has 12 nitrogen and oxygen atoms in total.